The Labute approximate surface area is 41.3 Å². The summed E-state index contributed by atoms with van der Waals surface area (Å²) in [6.07, 6.45) is -0.163. The van der Waals surface area contributed by atoms with E-state index in [0.717, 1.165) is 0 Å². The van der Waals surface area contributed by atoms with Crippen molar-refractivity contribution in [2.75, 3.05) is 0 Å². The summed E-state index contributed by atoms with van der Waals surface area (Å²) in [5.74, 6) is -0.470. The molecular weight excluding hydrogens is 92.1 g/mol. The van der Waals surface area contributed by atoms with Gasteiger partial charge in [-0.1, -0.05) is 0 Å². The molecule has 0 aliphatic carbocycles. The Morgan fingerprint density at radius 2 is 2.57 bits per heavy atom. The van der Waals surface area contributed by atoms with Crippen molar-refractivity contribution >= 4 is 12.6 Å². The summed E-state index contributed by atoms with van der Waals surface area (Å²) in [6.45, 7) is 2.93. The van der Waals surface area contributed by atoms with Gasteiger partial charge in [0.1, 0.15) is 6.42 Å². The third-order valence-corrected chi connectivity index (χ3v) is 0.407. The highest BCUT2D eigenvalue weighted by atomic mass is 16.1. The molecule has 0 bridgehead atoms. The lowest BCUT2D eigenvalue weighted by Gasteiger charge is -1.73. The Bertz CT molecular complexity index is 122. The van der Waals surface area contributed by atoms with Crippen LogP contribution in [-0.2, 0) is 4.79 Å². The van der Waals surface area contributed by atoms with Crippen molar-refractivity contribution in [1.29, 1.82) is 5.26 Å². The second-order valence-corrected chi connectivity index (χ2v) is 0.887. The number of amides is 1. The van der Waals surface area contributed by atoms with Crippen molar-refractivity contribution in [1.82, 2.24) is 0 Å². The third kappa shape index (κ3) is 2.64. The molecule has 3 nitrogen and oxygen atoms in total. The Balaban J connectivity index is 3.42. The quantitative estimate of drug-likeness (QED) is 0.435. The van der Waals surface area contributed by atoms with Crippen molar-refractivity contribution in [3.05, 3.63) is 0 Å². The minimum atomic E-state index is -0.470. The molecule has 7 heavy (non-hydrogen) atoms. The van der Waals surface area contributed by atoms with Crippen molar-refractivity contribution in [3.63, 3.8) is 0 Å². The van der Waals surface area contributed by atoms with Gasteiger partial charge >= 0.3 is 0 Å². The van der Waals surface area contributed by atoms with Gasteiger partial charge < -0.3 is 0 Å². The monoisotopic (exact) mass is 96.0 g/mol. The maximum absolute atomic E-state index is 9.96. The van der Waals surface area contributed by atoms with Crippen LogP contribution in [0.2, 0.25) is 0 Å². The second-order valence-electron chi connectivity index (χ2n) is 0.887. The van der Waals surface area contributed by atoms with Crippen LogP contribution in [0.4, 0.5) is 0 Å². The average molecular weight is 96.1 g/mol. The van der Waals surface area contributed by atoms with E-state index in [1.165, 1.54) is 0 Å². The summed E-state index contributed by atoms with van der Waals surface area (Å²) in [6, 6.07) is 1.64. The average Bonchev–Trinajstić information content (AvgIpc) is 1.68. The van der Waals surface area contributed by atoms with Gasteiger partial charge in [-0.05, 0) is 6.72 Å². The van der Waals surface area contributed by atoms with Gasteiger partial charge in [0.05, 0.1) is 6.07 Å². The SMILES string of the molecule is C=NC(=O)CC#N. The molecule has 0 saturated carbocycles. The summed E-state index contributed by atoms with van der Waals surface area (Å²) in [5, 5.41) is 7.81. The highest BCUT2D eigenvalue weighted by molar-refractivity contribution is 5.82. The zero-order valence-electron chi connectivity index (χ0n) is 3.72. The Hall–Kier alpha value is -1.17. The Morgan fingerprint density at radius 3 is 2.71 bits per heavy atom. The lowest BCUT2D eigenvalue weighted by atomic mass is 10.5. The highest BCUT2D eigenvalue weighted by Gasteiger charge is 1.89. The Kier molecular flexibility index (Phi) is 2.53. The molecule has 0 spiro atoms. The predicted molar refractivity (Wildman–Crippen MR) is 24.8 cm³/mol. The fourth-order valence-corrected chi connectivity index (χ4v) is 0.124. The van der Waals surface area contributed by atoms with Crippen LogP contribution in [-0.4, -0.2) is 12.6 Å². The molecular formula is C4H4N2O. The smallest absolute Gasteiger partial charge is 0.259 e. The van der Waals surface area contributed by atoms with Crippen molar-refractivity contribution < 1.29 is 4.79 Å². The van der Waals surface area contributed by atoms with Gasteiger partial charge in [-0.2, -0.15) is 5.26 Å². The first kappa shape index (κ1) is 5.83. The number of nitriles is 1. The second kappa shape index (κ2) is 3.04. The molecule has 0 rings (SSSR count). The molecule has 0 radical (unpaired) electrons. The fraction of sp³-hybridized carbons (Fsp3) is 0.250. The van der Waals surface area contributed by atoms with Crippen molar-refractivity contribution in [2.24, 2.45) is 4.99 Å². The minimum absolute atomic E-state index is 0.163. The van der Waals surface area contributed by atoms with E-state index in [4.69, 9.17) is 5.26 Å². The first-order chi connectivity index (χ1) is 3.31. The molecule has 1 amide bonds. The van der Waals surface area contributed by atoms with E-state index in [9.17, 15) is 4.79 Å². The maximum Gasteiger partial charge on any atom is 0.259 e. The molecule has 0 N–H and O–H groups in total. The summed E-state index contributed by atoms with van der Waals surface area (Å²) in [5.41, 5.74) is 0. The van der Waals surface area contributed by atoms with Gasteiger partial charge in [-0.3, -0.25) is 4.79 Å². The van der Waals surface area contributed by atoms with Crippen LogP contribution in [0.25, 0.3) is 0 Å². The van der Waals surface area contributed by atoms with Crippen molar-refractivity contribution in [3.8, 4) is 6.07 Å². The van der Waals surface area contributed by atoms with E-state index in [1.54, 1.807) is 6.07 Å². The lowest BCUT2D eigenvalue weighted by molar-refractivity contribution is -0.116. The first-order valence-electron chi connectivity index (χ1n) is 1.67. The lowest BCUT2D eigenvalue weighted by Crippen LogP contribution is -1.86. The topological polar surface area (TPSA) is 53.2 Å². The van der Waals surface area contributed by atoms with E-state index in [2.05, 4.69) is 11.7 Å². The van der Waals surface area contributed by atoms with E-state index in [0.29, 0.717) is 0 Å². The van der Waals surface area contributed by atoms with Gasteiger partial charge in [0.15, 0.2) is 0 Å². The van der Waals surface area contributed by atoms with E-state index in [-0.39, 0.29) is 6.42 Å². The maximum atomic E-state index is 9.96. The first-order valence-corrected chi connectivity index (χ1v) is 1.67. The molecule has 0 heterocycles. The molecule has 0 aromatic carbocycles. The van der Waals surface area contributed by atoms with Crippen LogP contribution in [0.1, 0.15) is 6.42 Å². The molecule has 0 aliphatic rings. The standard InChI is InChI=1S/C4H4N2O/c1-6-4(7)2-3-5/h1-2H2. The molecule has 0 aliphatic heterocycles. The van der Waals surface area contributed by atoms with Crippen molar-refractivity contribution in [2.45, 2.75) is 6.42 Å². The van der Waals surface area contributed by atoms with Crippen LogP contribution in [0.15, 0.2) is 4.99 Å². The van der Waals surface area contributed by atoms with Crippen LogP contribution in [0.5, 0.6) is 0 Å². The zero-order chi connectivity index (χ0) is 5.70. The van der Waals surface area contributed by atoms with E-state index in [1.807, 2.05) is 0 Å². The number of carbonyl (C=O) groups excluding carboxylic acids is 1. The number of carbonyl (C=O) groups is 1. The van der Waals surface area contributed by atoms with Gasteiger partial charge in [0, 0.05) is 0 Å². The third-order valence-electron chi connectivity index (χ3n) is 0.407. The fourth-order valence-electron chi connectivity index (χ4n) is 0.124. The zero-order valence-corrected chi connectivity index (χ0v) is 3.72. The number of hydrogen-bond acceptors (Lipinski definition) is 2. The molecule has 0 saturated heterocycles. The number of nitrogens with zero attached hydrogens (tertiary/aromatic N) is 2. The van der Waals surface area contributed by atoms with Crippen LogP contribution in [0, 0.1) is 11.3 Å². The number of hydrogen-bond donors (Lipinski definition) is 0. The highest BCUT2D eigenvalue weighted by Crippen LogP contribution is 1.76. The number of rotatable bonds is 1. The molecule has 0 fully saturated rings. The summed E-state index contributed by atoms with van der Waals surface area (Å²) < 4.78 is 0. The minimum Gasteiger partial charge on any atom is -0.271 e. The summed E-state index contributed by atoms with van der Waals surface area (Å²) in [7, 11) is 0. The van der Waals surface area contributed by atoms with Gasteiger partial charge in [-0.25, -0.2) is 4.99 Å². The summed E-state index contributed by atoms with van der Waals surface area (Å²) >= 11 is 0. The molecule has 0 aromatic heterocycles. The molecule has 36 valence electrons. The molecule has 0 atom stereocenters. The van der Waals surface area contributed by atoms with E-state index >= 15 is 0 Å². The van der Waals surface area contributed by atoms with Gasteiger partial charge in [0.2, 0.25) is 0 Å². The van der Waals surface area contributed by atoms with Gasteiger partial charge in [0.25, 0.3) is 5.91 Å². The van der Waals surface area contributed by atoms with Crippen LogP contribution >= 0.6 is 0 Å². The molecule has 3 heteroatoms. The Morgan fingerprint density at radius 1 is 2.00 bits per heavy atom. The largest absolute Gasteiger partial charge is 0.271 e. The van der Waals surface area contributed by atoms with Crippen LogP contribution in [0.3, 0.4) is 0 Å². The summed E-state index contributed by atoms with van der Waals surface area (Å²) in [4.78, 5) is 12.9. The normalized spacial score (nSPS) is 6.71. The molecule has 0 unspecified atom stereocenters. The van der Waals surface area contributed by atoms with Gasteiger partial charge in [-0.15, -0.1) is 0 Å². The molecule has 0 aromatic rings. The number of aliphatic imine (C=N–C) groups is 1. The van der Waals surface area contributed by atoms with E-state index < -0.39 is 5.91 Å². The predicted octanol–water partition coefficient (Wildman–Crippen LogP) is 0.127. The van der Waals surface area contributed by atoms with Crippen LogP contribution < -0.4 is 0 Å².